The third-order valence-electron chi connectivity index (χ3n) is 3.60. The lowest BCUT2D eigenvalue weighted by molar-refractivity contribution is -0.143. The third-order valence-corrected chi connectivity index (χ3v) is 3.60. The number of alkyl halides is 3. The summed E-state index contributed by atoms with van der Waals surface area (Å²) in [5, 5.41) is 12.6. The Hall–Kier alpha value is -1.53. The van der Waals surface area contributed by atoms with E-state index in [1.807, 2.05) is 0 Å². The number of halogens is 3. The zero-order valence-electron chi connectivity index (χ0n) is 11.4. The molecule has 1 aliphatic carbocycles. The van der Waals surface area contributed by atoms with E-state index in [9.17, 15) is 18.0 Å². The molecule has 7 heteroatoms. The molecule has 0 saturated carbocycles. The van der Waals surface area contributed by atoms with E-state index in [2.05, 4.69) is 5.10 Å². The minimum atomic E-state index is -4.54. The molecule has 20 heavy (non-hydrogen) atoms. The Morgan fingerprint density at radius 2 is 2.15 bits per heavy atom. The number of carboxylic acids is 1. The Bertz CT molecular complexity index is 520. The lowest BCUT2D eigenvalue weighted by Crippen LogP contribution is -2.18. The highest BCUT2D eigenvalue weighted by molar-refractivity contribution is 5.68. The standard InChI is InChI=1S/C13H17F3N2O2/c1-7(2)18-9-5-3-4-8(6-10(19)20)11(9)12(17-18)13(14,15)16/h7-8H,3-6H2,1-2H3,(H,19,20). The molecule has 1 N–H and O–H groups in total. The lowest BCUT2D eigenvalue weighted by Gasteiger charge is -2.23. The first-order chi connectivity index (χ1) is 9.21. The zero-order chi connectivity index (χ0) is 15.1. The van der Waals surface area contributed by atoms with E-state index in [-0.39, 0.29) is 18.0 Å². The van der Waals surface area contributed by atoms with Crippen molar-refractivity contribution in [2.75, 3.05) is 0 Å². The minimum Gasteiger partial charge on any atom is -0.481 e. The number of aliphatic carboxylic acids is 1. The van der Waals surface area contributed by atoms with Crippen LogP contribution in [0.3, 0.4) is 0 Å². The van der Waals surface area contributed by atoms with Crippen LogP contribution in [-0.4, -0.2) is 20.9 Å². The van der Waals surface area contributed by atoms with Crippen molar-refractivity contribution in [1.29, 1.82) is 0 Å². The summed E-state index contributed by atoms with van der Waals surface area (Å²) < 4.78 is 40.8. The first-order valence-electron chi connectivity index (χ1n) is 6.62. The Labute approximate surface area is 114 Å². The van der Waals surface area contributed by atoms with Gasteiger partial charge in [-0.25, -0.2) is 0 Å². The predicted octanol–water partition coefficient (Wildman–Crippen LogP) is 3.38. The molecule has 0 aliphatic heterocycles. The number of fused-ring (bicyclic) bond motifs is 1. The van der Waals surface area contributed by atoms with Crippen LogP contribution in [0.15, 0.2) is 0 Å². The van der Waals surface area contributed by atoms with E-state index >= 15 is 0 Å². The summed E-state index contributed by atoms with van der Waals surface area (Å²) in [5.41, 5.74) is -0.267. The van der Waals surface area contributed by atoms with Crippen LogP contribution < -0.4 is 0 Å². The van der Waals surface area contributed by atoms with Crippen molar-refractivity contribution in [1.82, 2.24) is 9.78 Å². The van der Waals surface area contributed by atoms with Gasteiger partial charge in [-0.2, -0.15) is 18.3 Å². The molecule has 4 nitrogen and oxygen atoms in total. The van der Waals surface area contributed by atoms with Crippen LogP contribution in [-0.2, 0) is 17.4 Å². The van der Waals surface area contributed by atoms with Crippen LogP contribution in [0.25, 0.3) is 0 Å². The van der Waals surface area contributed by atoms with Gasteiger partial charge in [0.25, 0.3) is 0 Å². The maximum absolute atomic E-state index is 13.1. The first kappa shape index (κ1) is 14.9. The number of hydrogen-bond donors (Lipinski definition) is 1. The van der Waals surface area contributed by atoms with Gasteiger partial charge in [0.15, 0.2) is 5.69 Å². The monoisotopic (exact) mass is 290 g/mol. The molecule has 2 rings (SSSR count). The molecule has 0 radical (unpaired) electrons. The maximum atomic E-state index is 13.1. The van der Waals surface area contributed by atoms with E-state index in [0.29, 0.717) is 25.0 Å². The summed E-state index contributed by atoms with van der Waals surface area (Å²) >= 11 is 0. The molecule has 0 bridgehead atoms. The number of carbonyl (C=O) groups is 1. The van der Waals surface area contributed by atoms with Crippen molar-refractivity contribution in [2.45, 2.75) is 57.7 Å². The molecule has 1 aromatic rings. The zero-order valence-corrected chi connectivity index (χ0v) is 11.4. The van der Waals surface area contributed by atoms with Gasteiger partial charge in [-0.3, -0.25) is 9.48 Å². The van der Waals surface area contributed by atoms with E-state index in [0.717, 1.165) is 0 Å². The predicted molar refractivity (Wildman–Crippen MR) is 65.5 cm³/mol. The fourth-order valence-corrected chi connectivity index (χ4v) is 2.87. The summed E-state index contributed by atoms with van der Waals surface area (Å²) in [5.74, 6) is -1.67. The smallest absolute Gasteiger partial charge is 0.435 e. The lowest BCUT2D eigenvalue weighted by atomic mass is 9.83. The van der Waals surface area contributed by atoms with Gasteiger partial charge in [-0.05, 0) is 39.0 Å². The molecular formula is C13H17F3N2O2. The first-order valence-corrected chi connectivity index (χ1v) is 6.62. The second kappa shape index (κ2) is 5.10. The topological polar surface area (TPSA) is 55.1 Å². The molecule has 0 saturated heterocycles. The maximum Gasteiger partial charge on any atom is 0.435 e. The Balaban J connectivity index is 2.57. The summed E-state index contributed by atoms with van der Waals surface area (Å²) in [7, 11) is 0. The SMILES string of the molecule is CC(C)n1nc(C(F)(F)F)c2c1CCCC2CC(=O)O. The van der Waals surface area contributed by atoms with Gasteiger partial charge >= 0.3 is 12.1 Å². The van der Waals surface area contributed by atoms with Crippen molar-refractivity contribution < 1.29 is 23.1 Å². The van der Waals surface area contributed by atoms with Crippen molar-refractivity contribution in [2.24, 2.45) is 0 Å². The second-order valence-electron chi connectivity index (χ2n) is 5.43. The van der Waals surface area contributed by atoms with Gasteiger partial charge in [0.2, 0.25) is 0 Å². The van der Waals surface area contributed by atoms with Crippen LogP contribution in [0.1, 0.15) is 62.0 Å². The summed E-state index contributed by atoms with van der Waals surface area (Å²) in [6.45, 7) is 3.54. The summed E-state index contributed by atoms with van der Waals surface area (Å²) in [4.78, 5) is 10.9. The molecular weight excluding hydrogens is 273 g/mol. The average Bonchev–Trinajstić information content (AvgIpc) is 2.68. The van der Waals surface area contributed by atoms with Crippen molar-refractivity contribution in [3.8, 4) is 0 Å². The minimum absolute atomic E-state index is 0.0971. The van der Waals surface area contributed by atoms with Gasteiger partial charge in [0, 0.05) is 17.3 Å². The van der Waals surface area contributed by atoms with Crippen molar-refractivity contribution >= 4 is 5.97 Å². The molecule has 0 fully saturated rings. The van der Waals surface area contributed by atoms with E-state index in [1.54, 1.807) is 13.8 Å². The number of nitrogens with zero attached hydrogens (tertiary/aromatic N) is 2. The quantitative estimate of drug-likeness (QED) is 0.928. The molecule has 0 aromatic carbocycles. The molecule has 1 heterocycles. The second-order valence-corrected chi connectivity index (χ2v) is 5.43. The highest BCUT2D eigenvalue weighted by Gasteiger charge is 2.42. The van der Waals surface area contributed by atoms with Gasteiger partial charge < -0.3 is 5.11 Å². The van der Waals surface area contributed by atoms with Gasteiger partial charge in [0.05, 0.1) is 6.42 Å². The van der Waals surface area contributed by atoms with E-state index in [4.69, 9.17) is 5.11 Å². The third kappa shape index (κ3) is 2.66. The van der Waals surface area contributed by atoms with Crippen LogP contribution in [0, 0.1) is 0 Å². The van der Waals surface area contributed by atoms with Crippen LogP contribution in [0.2, 0.25) is 0 Å². The molecule has 112 valence electrons. The number of aromatic nitrogens is 2. The van der Waals surface area contributed by atoms with E-state index in [1.165, 1.54) is 4.68 Å². The molecule has 1 atom stereocenters. The number of carboxylic acid groups (broad SMARTS) is 1. The van der Waals surface area contributed by atoms with E-state index < -0.39 is 23.8 Å². The number of rotatable bonds is 3. The largest absolute Gasteiger partial charge is 0.481 e. The fraction of sp³-hybridized carbons (Fsp3) is 0.692. The van der Waals surface area contributed by atoms with Gasteiger partial charge in [0.1, 0.15) is 0 Å². The normalized spacial score (nSPS) is 19.2. The van der Waals surface area contributed by atoms with Gasteiger partial charge in [-0.1, -0.05) is 0 Å². The number of hydrogen-bond acceptors (Lipinski definition) is 2. The average molecular weight is 290 g/mol. The molecule has 0 amide bonds. The Morgan fingerprint density at radius 3 is 2.65 bits per heavy atom. The molecule has 1 unspecified atom stereocenters. The molecule has 1 aliphatic rings. The summed E-state index contributed by atoms with van der Waals surface area (Å²) in [6, 6.07) is -0.177. The van der Waals surface area contributed by atoms with Crippen LogP contribution in [0.4, 0.5) is 13.2 Å². The Kier molecular flexibility index (Phi) is 3.80. The fourth-order valence-electron chi connectivity index (χ4n) is 2.87. The highest BCUT2D eigenvalue weighted by Crippen LogP contribution is 2.43. The van der Waals surface area contributed by atoms with Gasteiger partial charge in [-0.15, -0.1) is 0 Å². The molecule has 1 aromatic heterocycles. The molecule has 0 spiro atoms. The van der Waals surface area contributed by atoms with Crippen LogP contribution >= 0.6 is 0 Å². The summed E-state index contributed by atoms with van der Waals surface area (Å²) in [6.07, 6.45) is -3.14. The van der Waals surface area contributed by atoms with Crippen molar-refractivity contribution in [3.63, 3.8) is 0 Å². The van der Waals surface area contributed by atoms with Crippen molar-refractivity contribution in [3.05, 3.63) is 17.0 Å². The Morgan fingerprint density at radius 1 is 1.50 bits per heavy atom. The highest BCUT2D eigenvalue weighted by atomic mass is 19.4. The van der Waals surface area contributed by atoms with Crippen LogP contribution in [0.5, 0.6) is 0 Å².